The third-order valence-electron chi connectivity index (χ3n) is 5.71. The number of imidazole rings is 1. The zero-order valence-electron chi connectivity index (χ0n) is 19.0. The van der Waals surface area contributed by atoms with E-state index in [0.717, 1.165) is 12.8 Å². The van der Waals surface area contributed by atoms with Crippen molar-refractivity contribution in [2.24, 2.45) is 0 Å². The highest BCUT2D eigenvalue weighted by atomic mass is 19.1. The number of hydrogen-bond donors (Lipinski definition) is 3. The molecule has 5 rings (SSSR count). The van der Waals surface area contributed by atoms with Gasteiger partial charge in [-0.3, -0.25) is 4.57 Å². The van der Waals surface area contributed by atoms with Gasteiger partial charge in [0.25, 0.3) is 0 Å². The molecular weight excluding hydrogens is 425 g/mol. The van der Waals surface area contributed by atoms with Crippen molar-refractivity contribution in [1.82, 2.24) is 19.5 Å². The highest BCUT2D eigenvalue weighted by Gasteiger charge is 2.27. The van der Waals surface area contributed by atoms with E-state index in [9.17, 15) is 18.3 Å². The first-order valence-electron chi connectivity index (χ1n) is 11.4. The standard InChI is InChI=1S/C21H23F3N6O2/c22-11-7-15(23)18(16(24)8-11)28-21-27-17-9-25-20(26-12-1-3-14(31)4-2-12)29-19(17)30(21)13-5-6-32-10-13/h7-9,12-14,31H,1-6,10H2,(H,27,28)(H,25,26,29)/i5D2. The summed E-state index contributed by atoms with van der Waals surface area (Å²) >= 11 is 0. The van der Waals surface area contributed by atoms with E-state index in [-0.39, 0.29) is 42.5 Å². The molecule has 2 aromatic heterocycles. The maximum atomic E-state index is 14.3. The second-order valence-electron chi connectivity index (χ2n) is 7.96. The molecule has 1 aliphatic heterocycles. The number of rotatable bonds is 5. The van der Waals surface area contributed by atoms with E-state index >= 15 is 0 Å². The van der Waals surface area contributed by atoms with Crippen LogP contribution in [0.15, 0.2) is 18.3 Å². The van der Waals surface area contributed by atoms with Crippen molar-refractivity contribution in [2.45, 2.75) is 50.2 Å². The van der Waals surface area contributed by atoms with E-state index in [1.165, 1.54) is 10.8 Å². The molecule has 1 saturated carbocycles. The van der Waals surface area contributed by atoms with Crippen LogP contribution in [0, 0.1) is 17.5 Å². The lowest BCUT2D eigenvalue weighted by atomic mass is 9.93. The smallest absolute Gasteiger partial charge is 0.224 e. The molecule has 0 spiro atoms. The number of benzene rings is 1. The monoisotopic (exact) mass is 450 g/mol. The molecule has 1 aromatic carbocycles. The van der Waals surface area contributed by atoms with Crippen molar-refractivity contribution >= 4 is 28.7 Å². The van der Waals surface area contributed by atoms with E-state index in [0.29, 0.717) is 30.9 Å². The molecule has 1 atom stereocenters. The summed E-state index contributed by atoms with van der Waals surface area (Å²) in [7, 11) is 0. The molecule has 3 N–H and O–H groups in total. The van der Waals surface area contributed by atoms with Crippen LogP contribution in [0.25, 0.3) is 11.2 Å². The van der Waals surface area contributed by atoms with Gasteiger partial charge < -0.3 is 20.5 Å². The van der Waals surface area contributed by atoms with Gasteiger partial charge in [-0.2, -0.15) is 4.98 Å². The summed E-state index contributed by atoms with van der Waals surface area (Å²) in [6, 6.07) is 0.260. The van der Waals surface area contributed by atoms with Crippen LogP contribution in [0.5, 0.6) is 0 Å². The van der Waals surface area contributed by atoms with E-state index in [2.05, 4.69) is 25.6 Å². The summed E-state index contributed by atoms with van der Waals surface area (Å²) < 4.78 is 65.5. The molecule has 32 heavy (non-hydrogen) atoms. The minimum absolute atomic E-state index is 0.00516. The Labute approximate surface area is 184 Å². The Kier molecular flexibility index (Phi) is 4.98. The number of nitrogens with one attached hydrogen (secondary N) is 2. The van der Waals surface area contributed by atoms with Crippen molar-refractivity contribution in [3.05, 3.63) is 35.8 Å². The minimum atomic E-state index is -1.80. The summed E-state index contributed by atoms with van der Waals surface area (Å²) in [5.41, 5.74) is -0.0969. The third-order valence-corrected chi connectivity index (χ3v) is 5.71. The SMILES string of the molecule is [2H]C1([2H])COCC1n1c(Nc2c(F)cc(F)cc2F)nc2cnc(NC3CCC(O)CC3)nc21. The molecule has 0 radical (unpaired) electrons. The first-order chi connectivity index (χ1) is 16.2. The lowest BCUT2D eigenvalue weighted by Gasteiger charge is -2.26. The average molecular weight is 450 g/mol. The molecule has 1 unspecified atom stereocenters. The van der Waals surface area contributed by atoms with Crippen molar-refractivity contribution in [2.75, 3.05) is 23.8 Å². The van der Waals surface area contributed by atoms with Crippen molar-refractivity contribution in [3.63, 3.8) is 0 Å². The second kappa shape index (κ2) is 8.55. The van der Waals surface area contributed by atoms with Crippen LogP contribution in [0.4, 0.5) is 30.8 Å². The van der Waals surface area contributed by atoms with Crippen LogP contribution in [0.2, 0.25) is 0 Å². The normalized spacial score (nSPS) is 26.1. The van der Waals surface area contributed by atoms with Crippen LogP contribution in [-0.4, -0.2) is 50.0 Å². The van der Waals surface area contributed by atoms with Crippen LogP contribution in [0.3, 0.4) is 0 Å². The van der Waals surface area contributed by atoms with Gasteiger partial charge >= 0.3 is 0 Å². The minimum Gasteiger partial charge on any atom is -0.393 e. The molecule has 8 nitrogen and oxygen atoms in total. The lowest BCUT2D eigenvalue weighted by molar-refractivity contribution is 0.126. The summed E-state index contributed by atoms with van der Waals surface area (Å²) in [5.74, 6) is -3.16. The van der Waals surface area contributed by atoms with Gasteiger partial charge in [-0.05, 0) is 32.1 Å². The van der Waals surface area contributed by atoms with Crippen LogP contribution >= 0.6 is 0 Å². The van der Waals surface area contributed by atoms with Gasteiger partial charge in [-0.1, -0.05) is 0 Å². The first-order valence-corrected chi connectivity index (χ1v) is 10.4. The van der Waals surface area contributed by atoms with E-state index in [4.69, 9.17) is 7.48 Å². The van der Waals surface area contributed by atoms with Gasteiger partial charge in [0.1, 0.15) is 17.0 Å². The molecule has 0 bridgehead atoms. The number of anilines is 3. The molecule has 1 aliphatic carbocycles. The predicted molar refractivity (Wildman–Crippen MR) is 111 cm³/mol. The number of fused-ring (bicyclic) bond motifs is 1. The van der Waals surface area contributed by atoms with Gasteiger partial charge in [-0.15, -0.1) is 0 Å². The van der Waals surface area contributed by atoms with Gasteiger partial charge in [-0.25, -0.2) is 23.1 Å². The highest BCUT2D eigenvalue weighted by Crippen LogP contribution is 2.32. The van der Waals surface area contributed by atoms with Crippen molar-refractivity contribution < 1.29 is 25.8 Å². The van der Waals surface area contributed by atoms with E-state index in [1.54, 1.807) is 0 Å². The molecule has 2 fully saturated rings. The van der Waals surface area contributed by atoms with E-state index in [1.807, 2.05) is 0 Å². The third kappa shape index (κ3) is 4.09. The number of ether oxygens (including phenoxy) is 1. The molecule has 11 heteroatoms. The second-order valence-corrected chi connectivity index (χ2v) is 7.96. The van der Waals surface area contributed by atoms with Gasteiger partial charge in [0.2, 0.25) is 11.9 Å². The fraction of sp³-hybridized carbons (Fsp3) is 0.476. The lowest BCUT2D eigenvalue weighted by Crippen LogP contribution is -2.29. The maximum absolute atomic E-state index is 14.3. The van der Waals surface area contributed by atoms with Gasteiger partial charge in [0.15, 0.2) is 17.3 Å². The number of halogens is 3. The average Bonchev–Trinajstić information content (AvgIpc) is 3.30. The number of nitrogens with zero attached hydrogens (tertiary/aromatic N) is 4. The fourth-order valence-electron chi connectivity index (χ4n) is 4.07. The molecule has 0 amide bonds. The predicted octanol–water partition coefficient (Wildman–Crippen LogP) is 3.66. The van der Waals surface area contributed by atoms with Crippen LogP contribution < -0.4 is 10.6 Å². The van der Waals surface area contributed by atoms with Gasteiger partial charge in [0, 0.05) is 27.5 Å². The number of aliphatic hydroxyl groups is 1. The Hall–Kier alpha value is -2.92. The zero-order chi connectivity index (χ0) is 24.0. The molecule has 2 aliphatic rings. The summed E-state index contributed by atoms with van der Waals surface area (Å²) in [6.45, 7) is -0.175. The van der Waals surface area contributed by atoms with E-state index < -0.39 is 35.6 Å². The van der Waals surface area contributed by atoms with Gasteiger partial charge in [0.05, 0.1) is 24.9 Å². The van der Waals surface area contributed by atoms with Crippen LogP contribution in [-0.2, 0) is 4.74 Å². The molecule has 3 aromatic rings. The van der Waals surface area contributed by atoms with Crippen LogP contribution in [0.1, 0.15) is 40.8 Å². The zero-order valence-corrected chi connectivity index (χ0v) is 17.0. The summed E-state index contributed by atoms with van der Waals surface area (Å²) in [4.78, 5) is 13.1. The fourth-order valence-corrected chi connectivity index (χ4v) is 4.07. The highest BCUT2D eigenvalue weighted by molar-refractivity contribution is 5.76. The number of aliphatic hydroxyl groups excluding tert-OH is 1. The largest absolute Gasteiger partial charge is 0.393 e. The van der Waals surface area contributed by atoms with Crippen molar-refractivity contribution in [3.8, 4) is 0 Å². The quantitative estimate of drug-likeness (QED) is 0.546. The topological polar surface area (TPSA) is 97.1 Å². The number of hydrogen-bond acceptors (Lipinski definition) is 7. The Morgan fingerprint density at radius 1 is 1.12 bits per heavy atom. The Balaban J connectivity index is 1.56. The van der Waals surface area contributed by atoms with Crippen molar-refractivity contribution in [1.29, 1.82) is 0 Å². The molecular formula is C21H23F3N6O2. The molecule has 170 valence electrons. The number of aromatic nitrogens is 4. The maximum Gasteiger partial charge on any atom is 0.224 e. The summed E-state index contributed by atoms with van der Waals surface area (Å²) in [6.07, 6.45) is 2.15. The Morgan fingerprint density at radius 2 is 1.88 bits per heavy atom. The first kappa shape index (κ1) is 18.6. The Bertz CT molecular complexity index is 1200. The Morgan fingerprint density at radius 3 is 2.56 bits per heavy atom. The summed E-state index contributed by atoms with van der Waals surface area (Å²) in [5, 5.41) is 15.5. The molecule has 3 heterocycles. The molecule has 1 saturated heterocycles.